The summed E-state index contributed by atoms with van der Waals surface area (Å²) in [5, 5.41) is 4.75. The fraction of sp³-hybridized carbons (Fsp3) is 0.300. The molecule has 0 aliphatic carbocycles. The van der Waals surface area contributed by atoms with Gasteiger partial charge in [0.15, 0.2) is 0 Å². The Hall–Kier alpha value is -1.79. The first-order chi connectivity index (χ1) is 7.84. The van der Waals surface area contributed by atoms with Gasteiger partial charge in [0.25, 0.3) is 0 Å². The van der Waals surface area contributed by atoms with Gasteiger partial charge in [-0.2, -0.15) is 13.2 Å². The standard InChI is InChI=1S/C10H10F4N2O/c1-15-9(17)5-16-6-2-3-8(11)7(4-6)10(12,13)14/h2-4,16H,5H2,1H3,(H,15,17). The van der Waals surface area contributed by atoms with Gasteiger partial charge >= 0.3 is 6.18 Å². The van der Waals surface area contributed by atoms with Crippen molar-refractivity contribution in [2.24, 2.45) is 0 Å². The highest BCUT2D eigenvalue weighted by atomic mass is 19.4. The third-order valence-corrected chi connectivity index (χ3v) is 2.00. The highest BCUT2D eigenvalue weighted by molar-refractivity contribution is 5.80. The van der Waals surface area contributed by atoms with Crippen molar-refractivity contribution in [3.8, 4) is 0 Å². The van der Waals surface area contributed by atoms with E-state index in [2.05, 4.69) is 10.6 Å². The summed E-state index contributed by atoms with van der Waals surface area (Å²) >= 11 is 0. The van der Waals surface area contributed by atoms with Gasteiger partial charge in [-0.05, 0) is 18.2 Å². The van der Waals surface area contributed by atoms with Crippen LogP contribution >= 0.6 is 0 Å². The Morgan fingerprint density at radius 1 is 1.35 bits per heavy atom. The summed E-state index contributed by atoms with van der Waals surface area (Å²) in [6.07, 6.45) is -4.76. The maximum Gasteiger partial charge on any atom is 0.419 e. The fourth-order valence-corrected chi connectivity index (χ4v) is 1.12. The van der Waals surface area contributed by atoms with Crippen LogP contribution in [0, 0.1) is 5.82 Å². The molecule has 0 spiro atoms. The smallest absolute Gasteiger partial charge is 0.376 e. The van der Waals surface area contributed by atoms with Gasteiger partial charge in [-0.25, -0.2) is 4.39 Å². The molecular formula is C10H10F4N2O. The predicted octanol–water partition coefficient (Wildman–Crippen LogP) is 2.00. The number of rotatable bonds is 3. The molecule has 1 rings (SSSR count). The lowest BCUT2D eigenvalue weighted by atomic mass is 10.2. The van der Waals surface area contributed by atoms with Gasteiger partial charge in [0.1, 0.15) is 5.82 Å². The van der Waals surface area contributed by atoms with Crippen LogP contribution in [0.4, 0.5) is 23.2 Å². The number of nitrogens with one attached hydrogen (secondary N) is 2. The van der Waals surface area contributed by atoms with Gasteiger partial charge in [-0.15, -0.1) is 0 Å². The molecule has 0 unspecified atom stereocenters. The van der Waals surface area contributed by atoms with E-state index >= 15 is 0 Å². The summed E-state index contributed by atoms with van der Waals surface area (Å²) in [6, 6.07) is 2.46. The Morgan fingerprint density at radius 2 is 2.00 bits per heavy atom. The van der Waals surface area contributed by atoms with E-state index in [1.807, 2.05) is 0 Å². The van der Waals surface area contributed by atoms with Crippen molar-refractivity contribution in [3.05, 3.63) is 29.6 Å². The van der Waals surface area contributed by atoms with Crippen LogP contribution in [-0.2, 0) is 11.0 Å². The van der Waals surface area contributed by atoms with Crippen molar-refractivity contribution in [2.75, 3.05) is 18.9 Å². The van der Waals surface area contributed by atoms with Gasteiger partial charge in [0.05, 0.1) is 12.1 Å². The van der Waals surface area contributed by atoms with Crippen LogP contribution in [0.1, 0.15) is 5.56 Å². The highest BCUT2D eigenvalue weighted by Crippen LogP contribution is 2.32. The van der Waals surface area contributed by atoms with Crippen LogP contribution in [0.15, 0.2) is 18.2 Å². The lowest BCUT2D eigenvalue weighted by Crippen LogP contribution is -2.26. The van der Waals surface area contributed by atoms with Crippen LogP contribution in [0.2, 0.25) is 0 Å². The number of benzene rings is 1. The van der Waals surface area contributed by atoms with Crippen molar-refractivity contribution < 1.29 is 22.4 Å². The first-order valence-corrected chi connectivity index (χ1v) is 4.66. The Morgan fingerprint density at radius 3 is 2.53 bits per heavy atom. The van der Waals surface area contributed by atoms with Crippen molar-refractivity contribution in [3.63, 3.8) is 0 Å². The lowest BCUT2D eigenvalue weighted by molar-refractivity contribution is -0.139. The molecule has 0 heterocycles. The van der Waals surface area contributed by atoms with E-state index in [9.17, 15) is 22.4 Å². The molecule has 1 aromatic rings. The number of carbonyl (C=O) groups excluding carboxylic acids is 1. The largest absolute Gasteiger partial charge is 0.419 e. The zero-order chi connectivity index (χ0) is 13.1. The number of hydrogen-bond donors (Lipinski definition) is 2. The summed E-state index contributed by atoms with van der Waals surface area (Å²) in [4.78, 5) is 10.9. The summed E-state index contributed by atoms with van der Waals surface area (Å²) < 4.78 is 49.9. The summed E-state index contributed by atoms with van der Waals surface area (Å²) in [6.45, 7) is -0.181. The second kappa shape index (κ2) is 5.03. The van der Waals surface area contributed by atoms with E-state index in [0.717, 1.165) is 6.07 Å². The van der Waals surface area contributed by atoms with Crippen LogP contribution < -0.4 is 10.6 Å². The van der Waals surface area contributed by atoms with E-state index in [1.165, 1.54) is 7.05 Å². The summed E-state index contributed by atoms with van der Waals surface area (Å²) in [5.74, 6) is -1.73. The van der Waals surface area contributed by atoms with E-state index in [4.69, 9.17) is 0 Å². The molecule has 94 valence electrons. The van der Waals surface area contributed by atoms with Crippen molar-refractivity contribution in [1.29, 1.82) is 0 Å². The fourth-order valence-electron chi connectivity index (χ4n) is 1.12. The third kappa shape index (κ3) is 3.61. The summed E-state index contributed by atoms with van der Waals surface area (Å²) in [5.41, 5.74) is -1.33. The van der Waals surface area contributed by atoms with E-state index in [0.29, 0.717) is 12.1 Å². The molecule has 0 aliphatic heterocycles. The van der Waals surface area contributed by atoms with Crippen LogP contribution in [0.3, 0.4) is 0 Å². The molecule has 1 aromatic carbocycles. The number of amides is 1. The van der Waals surface area contributed by atoms with Gasteiger partial charge in [-0.1, -0.05) is 0 Å². The van der Waals surface area contributed by atoms with Crippen molar-refractivity contribution in [2.45, 2.75) is 6.18 Å². The molecule has 0 aromatic heterocycles. The first-order valence-electron chi connectivity index (χ1n) is 4.66. The van der Waals surface area contributed by atoms with E-state index in [-0.39, 0.29) is 18.1 Å². The van der Waals surface area contributed by atoms with Gasteiger partial charge in [0.2, 0.25) is 5.91 Å². The number of hydrogen-bond acceptors (Lipinski definition) is 2. The zero-order valence-electron chi connectivity index (χ0n) is 8.86. The minimum atomic E-state index is -4.76. The molecule has 0 saturated carbocycles. The number of halogens is 4. The summed E-state index contributed by atoms with van der Waals surface area (Å²) in [7, 11) is 1.40. The van der Waals surface area contributed by atoms with Gasteiger partial charge in [-0.3, -0.25) is 4.79 Å². The Bertz CT molecular complexity index is 417. The average Bonchev–Trinajstić information content (AvgIpc) is 2.26. The SMILES string of the molecule is CNC(=O)CNc1ccc(F)c(C(F)(F)F)c1. The molecule has 7 heteroatoms. The van der Waals surface area contributed by atoms with Gasteiger partial charge < -0.3 is 10.6 Å². The molecule has 1 amide bonds. The van der Waals surface area contributed by atoms with Gasteiger partial charge in [0, 0.05) is 12.7 Å². The second-order valence-electron chi connectivity index (χ2n) is 3.22. The second-order valence-corrected chi connectivity index (χ2v) is 3.22. The molecule has 0 bridgehead atoms. The Kier molecular flexibility index (Phi) is 3.93. The minimum Gasteiger partial charge on any atom is -0.376 e. The molecule has 0 radical (unpaired) electrons. The maximum absolute atomic E-state index is 12.9. The zero-order valence-corrected chi connectivity index (χ0v) is 8.86. The number of carbonyl (C=O) groups is 1. The maximum atomic E-state index is 12.9. The molecular weight excluding hydrogens is 240 g/mol. The number of likely N-dealkylation sites (N-methyl/N-ethyl adjacent to an activating group) is 1. The monoisotopic (exact) mass is 250 g/mol. The lowest BCUT2D eigenvalue weighted by Gasteiger charge is -2.11. The Balaban J connectivity index is 2.86. The number of alkyl halides is 3. The van der Waals surface area contributed by atoms with Crippen LogP contribution in [0.5, 0.6) is 0 Å². The highest BCUT2D eigenvalue weighted by Gasteiger charge is 2.34. The molecule has 0 atom stereocenters. The minimum absolute atomic E-state index is 0.0299. The normalized spacial score (nSPS) is 11.1. The molecule has 2 N–H and O–H groups in total. The Labute approximate surface area is 94.8 Å². The molecule has 3 nitrogen and oxygen atoms in total. The molecule has 0 fully saturated rings. The predicted molar refractivity (Wildman–Crippen MR) is 54.0 cm³/mol. The van der Waals surface area contributed by atoms with Crippen molar-refractivity contribution in [1.82, 2.24) is 5.32 Å². The molecule has 0 saturated heterocycles. The number of anilines is 1. The van der Waals surface area contributed by atoms with E-state index in [1.54, 1.807) is 0 Å². The molecule has 17 heavy (non-hydrogen) atoms. The average molecular weight is 250 g/mol. The van der Waals surface area contributed by atoms with Crippen LogP contribution in [0.25, 0.3) is 0 Å². The first kappa shape index (κ1) is 13.3. The third-order valence-electron chi connectivity index (χ3n) is 2.00. The van der Waals surface area contributed by atoms with Crippen molar-refractivity contribution >= 4 is 11.6 Å². The van der Waals surface area contributed by atoms with Crippen LogP contribution in [-0.4, -0.2) is 19.5 Å². The topological polar surface area (TPSA) is 41.1 Å². The molecule has 0 aliphatic rings. The van der Waals surface area contributed by atoms with E-state index < -0.39 is 17.6 Å². The quantitative estimate of drug-likeness (QED) is 0.805.